The molecule has 6 nitrogen and oxygen atoms in total. The number of amides is 3. The lowest BCUT2D eigenvalue weighted by molar-refractivity contribution is -0.121. The van der Waals surface area contributed by atoms with Crippen molar-refractivity contribution in [2.24, 2.45) is 0 Å². The van der Waals surface area contributed by atoms with E-state index in [1.54, 1.807) is 36.2 Å². The van der Waals surface area contributed by atoms with Crippen molar-refractivity contribution in [2.75, 3.05) is 27.2 Å². The highest BCUT2D eigenvalue weighted by molar-refractivity contribution is 7.14. The Labute approximate surface area is 166 Å². The van der Waals surface area contributed by atoms with E-state index >= 15 is 0 Å². The molecule has 27 heavy (non-hydrogen) atoms. The van der Waals surface area contributed by atoms with E-state index in [-0.39, 0.29) is 24.3 Å². The van der Waals surface area contributed by atoms with Crippen LogP contribution < -0.4 is 5.32 Å². The molecule has 0 fully saturated rings. The van der Waals surface area contributed by atoms with Crippen LogP contribution in [-0.2, 0) is 17.8 Å². The number of nitrogens with one attached hydrogen (secondary N) is 1. The van der Waals surface area contributed by atoms with Crippen LogP contribution in [0.3, 0.4) is 0 Å². The van der Waals surface area contributed by atoms with E-state index in [9.17, 15) is 14.4 Å². The van der Waals surface area contributed by atoms with E-state index in [0.29, 0.717) is 35.0 Å². The molecule has 1 aliphatic rings. The fraction of sp³-hybridized carbons (Fsp3) is 0.316. The summed E-state index contributed by atoms with van der Waals surface area (Å²) in [6.07, 6.45) is 0.714. The van der Waals surface area contributed by atoms with Crippen molar-refractivity contribution in [2.45, 2.75) is 13.0 Å². The van der Waals surface area contributed by atoms with Crippen molar-refractivity contribution >= 4 is 40.7 Å². The summed E-state index contributed by atoms with van der Waals surface area (Å²) in [5, 5.41) is 3.10. The van der Waals surface area contributed by atoms with Gasteiger partial charge in [0.15, 0.2) is 0 Å². The van der Waals surface area contributed by atoms with Crippen molar-refractivity contribution in [3.05, 3.63) is 56.2 Å². The van der Waals surface area contributed by atoms with Crippen LogP contribution in [0.1, 0.15) is 30.5 Å². The first-order valence-electron chi connectivity index (χ1n) is 8.51. The Morgan fingerprint density at radius 2 is 1.96 bits per heavy atom. The molecule has 2 aromatic rings. The third-order valence-corrected chi connectivity index (χ3v) is 5.94. The minimum Gasteiger partial charge on any atom is -0.358 e. The number of hydrogen-bond donors (Lipinski definition) is 1. The van der Waals surface area contributed by atoms with Gasteiger partial charge in [0.2, 0.25) is 5.91 Å². The van der Waals surface area contributed by atoms with Crippen LogP contribution in [0.25, 0.3) is 0 Å². The molecule has 1 N–H and O–H groups in total. The molecule has 0 radical (unpaired) electrons. The number of hydrogen-bond acceptors (Lipinski definition) is 4. The molecule has 2 heterocycles. The van der Waals surface area contributed by atoms with E-state index in [1.165, 1.54) is 23.3 Å². The maximum atomic E-state index is 12.7. The average molecular weight is 406 g/mol. The third kappa shape index (κ3) is 4.31. The largest absolute Gasteiger partial charge is 0.358 e. The van der Waals surface area contributed by atoms with Gasteiger partial charge in [-0.3, -0.25) is 14.4 Å². The zero-order valence-corrected chi connectivity index (χ0v) is 16.7. The van der Waals surface area contributed by atoms with Gasteiger partial charge in [0.05, 0.1) is 11.4 Å². The zero-order chi connectivity index (χ0) is 19.6. The smallest absolute Gasteiger partial charge is 0.264 e. The number of rotatable bonds is 4. The fourth-order valence-corrected chi connectivity index (χ4v) is 4.22. The third-order valence-electron chi connectivity index (χ3n) is 4.46. The molecule has 0 saturated heterocycles. The van der Waals surface area contributed by atoms with Crippen LogP contribution in [-0.4, -0.2) is 54.7 Å². The summed E-state index contributed by atoms with van der Waals surface area (Å²) in [6, 6.07) is 8.68. The van der Waals surface area contributed by atoms with Gasteiger partial charge < -0.3 is 15.1 Å². The van der Waals surface area contributed by atoms with Crippen molar-refractivity contribution in [3.8, 4) is 0 Å². The van der Waals surface area contributed by atoms with E-state index in [2.05, 4.69) is 5.32 Å². The lowest BCUT2D eigenvalue weighted by Gasteiger charge is -2.27. The highest BCUT2D eigenvalue weighted by atomic mass is 35.5. The summed E-state index contributed by atoms with van der Waals surface area (Å²) < 4.78 is 0. The molecule has 8 heteroatoms. The van der Waals surface area contributed by atoms with E-state index < -0.39 is 0 Å². The Bertz CT molecular complexity index is 879. The molecule has 0 atom stereocenters. The SMILES string of the molecule is CNC(=O)CN(C)C(=O)c1cc2c(s1)CCN(C(=O)c1ccc(Cl)cc1)C2. The molecule has 1 aromatic carbocycles. The van der Waals surface area contributed by atoms with Crippen molar-refractivity contribution in [1.29, 1.82) is 0 Å². The minimum absolute atomic E-state index is 0.0130. The number of nitrogens with zero attached hydrogens (tertiary/aromatic N) is 2. The van der Waals surface area contributed by atoms with Gasteiger partial charge in [-0.2, -0.15) is 0 Å². The molecule has 0 aliphatic carbocycles. The number of carbonyl (C=O) groups is 3. The topological polar surface area (TPSA) is 69.7 Å². The molecular formula is C19H20ClN3O3S. The van der Waals surface area contributed by atoms with E-state index in [1.807, 2.05) is 6.07 Å². The first-order chi connectivity index (χ1) is 12.9. The van der Waals surface area contributed by atoms with Gasteiger partial charge >= 0.3 is 0 Å². The summed E-state index contributed by atoms with van der Waals surface area (Å²) in [5.74, 6) is -0.450. The molecule has 3 amide bonds. The van der Waals surface area contributed by atoms with Crippen molar-refractivity contribution < 1.29 is 14.4 Å². The number of fused-ring (bicyclic) bond motifs is 1. The van der Waals surface area contributed by atoms with Gasteiger partial charge in [0, 0.05) is 42.6 Å². The zero-order valence-electron chi connectivity index (χ0n) is 15.1. The van der Waals surface area contributed by atoms with Crippen LogP contribution in [0.2, 0.25) is 5.02 Å². The average Bonchev–Trinajstić information content (AvgIpc) is 3.10. The monoisotopic (exact) mass is 405 g/mol. The van der Waals surface area contributed by atoms with Gasteiger partial charge in [0.1, 0.15) is 0 Å². The summed E-state index contributed by atoms with van der Waals surface area (Å²) >= 11 is 7.32. The van der Waals surface area contributed by atoms with Gasteiger partial charge in [-0.05, 0) is 42.3 Å². The Balaban J connectivity index is 1.71. The Kier molecular flexibility index (Phi) is 5.82. The highest BCUT2D eigenvalue weighted by Crippen LogP contribution is 2.29. The van der Waals surface area contributed by atoms with Crippen molar-refractivity contribution in [3.63, 3.8) is 0 Å². The standard InChI is InChI=1S/C19H20ClN3O3S/c1-21-17(24)11-22(2)19(26)16-9-13-10-23(8-7-15(13)27-16)18(25)12-3-5-14(20)6-4-12/h3-6,9H,7-8,10-11H2,1-2H3,(H,21,24). The number of benzene rings is 1. The van der Waals surface area contributed by atoms with Gasteiger partial charge in [-0.25, -0.2) is 0 Å². The second-order valence-electron chi connectivity index (χ2n) is 6.38. The second kappa shape index (κ2) is 8.10. The molecule has 0 bridgehead atoms. The summed E-state index contributed by atoms with van der Waals surface area (Å²) in [6.45, 7) is 1.09. The number of likely N-dealkylation sites (N-methyl/N-ethyl adjacent to an activating group) is 2. The molecule has 3 rings (SSSR count). The molecule has 0 unspecified atom stereocenters. The van der Waals surface area contributed by atoms with E-state index in [4.69, 9.17) is 11.6 Å². The number of halogens is 1. The van der Waals surface area contributed by atoms with Crippen LogP contribution in [0.4, 0.5) is 0 Å². The first kappa shape index (κ1) is 19.4. The molecule has 0 spiro atoms. The predicted molar refractivity (Wildman–Crippen MR) is 105 cm³/mol. The van der Waals surface area contributed by atoms with Crippen LogP contribution in [0.15, 0.2) is 30.3 Å². The van der Waals surface area contributed by atoms with Gasteiger partial charge in [-0.1, -0.05) is 11.6 Å². The molecular weight excluding hydrogens is 386 g/mol. The minimum atomic E-state index is -0.216. The molecule has 142 valence electrons. The van der Waals surface area contributed by atoms with Crippen LogP contribution >= 0.6 is 22.9 Å². The normalized spacial score (nSPS) is 13.1. The summed E-state index contributed by atoms with van der Waals surface area (Å²) in [5.41, 5.74) is 1.59. The number of thiophene rings is 1. The van der Waals surface area contributed by atoms with Gasteiger partial charge in [-0.15, -0.1) is 11.3 Å². The van der Waals surface area contributed by atoms with Crippen LogP contribution in [0, 0.1) is 0 Å². The fourth-order valence-electron chi connectivity index (χ4n) is 2.94. The summed E-state index contributed by atoms with van der Waals surface area (Å²) in [7, 11) is 3.14. The van der Waals surface area contributed by atoms with Crippen LogP contribution in [0.5, 0.6) is 0 Å². The molecule has 1 aromatic heterocycles. The lowest BCUT2D eigenvalue weighted by atomic mass is 10.1. The summed E-state index contributed by atoms with van der Waals surface area (Å²) in [4.78, 5) is 41.6. The van der Waals surface area contributed by atoms with Crippen molar-refractivity contribution in [1.82, 2.24) is 15.1 Å². The quantitative estimate of drug-likeness (QED) is 0.849. The maximum Gasteiger partial charge on any atom is 0.264 e. The lowest BCUT2D eigenvalue weighted by Crippen LogP contribution is -2.36. The Morgan fingerprint density at radius 1 is 1.26 bits per heavy atom. The molecule has 1 aliphatic heterocycles. The first-order valence-corrected chi connectivity index (χ1v) is 9.71. The van der Waals surface area contributed by atoms with Gasteiger partial charge in [0.25, 0.3) is 11.8 Å². The second-order valence-corrected chi connectivity index (χ2v) is 7.95. The Hall–Kier alpha value is -2.38. The number of carbonyl (C=O) groups excluding carboxylic acids is 3. The highest BCUT2D eigenvalue weighted by Gasteiger charge is 2.26. The maximum absolute atomic E-state index is 12.7. The van der Waals surface area contributed by atoms with E-state index in [0.717, 1.165) is 10.4 Å². The predicted octanol–water partition coefficient (Wildman–Crippen LogP) is 2.42. The molecule has 0 saturated carbocycles. The Morgan fingerprint density at radius 3 is 2.63 bits per heavy atom.